The molecule has 1 heterocycles. The van der Waals surface area contributed by atoms with E-state index in [9.17, 15) is 5.26 Å². The summed E-state index contributed by atoms with van der Waals surface area (Å²) in [6.45, 7) is 9.22. The Labute approximate surface area is 227 Å². The highest BCUT2D eigenvalue weighted by molar-refractivity contribution is 5.46. The topological polar surface area (TPSA) is 23.8 Å². The Balaban J connectivity index is 0.00000304. The molecule has 3 heteroatoms. The molecule has 0 spiro atoms. The van der Waals surface area contributed by atoms with E-state index >= 15 is 0 Å². The normalized spacial score (nSPS) is 24.2. The van der Waals surface area contributed by atoms with Crippen molar-refractivity contribution in [1.82, 2.24) is 0 Å². The molecule has 0 amide bonds. The van der Waals surface area contributed by atoms with Crippen molar-refractivity contribution in [1.29, 1.82) is 5.26 Å². The molecule has 2 unspecified atom stereocenters. The maximum Gasteiger partial charge on any atom is 0.107 e. The fraction of sp³-hybridized carbons (Fsp3) is 0.364. The summed E-state index contributed by atoms with van der Waals surface area (Å²) >= 11 is 0. The number of halogens is 1. The average molecular weight is 542 g/mol. The molecule has 186 valence electrons. The summed E-state index contributed by atoms with van der Waals surface area (Å²) in [6, 6.07) is 34.8. The van der Waals surface area contributed by atoms with Crippen molar-refractivity contribution < 1.29 is 21.5 Å². The van der Waals surface area contributed by atoms with Crippen LogP contribution in [-0.4, -0.2) is 24.1 Å². The summed E-state index contributed by atoms with van der Waals surface area (Å²) in [5.41, 5.74) is 4.55. The molecule has 0 radical (unpaired) electrons. The van der Waals surface area contributed by atoms with Crippen molar-refractivity contribution in [2.24, 2.45) is 17.8 Å². The van der Waals surface area contributed by atoms with E-state index < -0.39 is 5.41 Å². The summed E-state index contributed by atoms with van der Waals surface area (Å²) in [7, 11) is 0. The van der Waals surface area contributed by atoms with E-state index in [0.717, 1.165) is 42.3 Å². The van der Waals surface area contributed by atoms with Crippen LogP contribution in [0.15, 0.2) is 103 Å². The number of fused-ring (bicyclic) bond motifs is 1. The summed E-state index contributed by atoms with van der Waals surface area (Å²) in [6.07, 6.45) is 4.47. The lowest BCUT2D eigenvalue weighted by Crippen LogP contribution is -3.00. The molecule has 0 aromatic heterocycles. The minimum absolute atomic E-state index is 0. The number of allylic oxidation sites excluding steroid dienone is 1. The van der Waals surface area contributed by atoms with Crippen LogP contribution in [0.2, 0.25) is 0 Å². The Bertz CT molecular complexity index is 1140. The SMILES string of the molecule is CC(C)=CCC[N+]1(Cc2ccccc2)CC2C(CC(C#N)(c3ccccc3)c3ccccc3)C2C1.[Br-]. The van der Waals surface area contributed by atoms with Crippen LogP contribution >= 0.6 is 0 Å². The van der Waals surface area contributed by atoms with Gasteiger partial charge in [-0.05, 0) is 37.3 Å². The molecule has 3 aromatic carbocycles. The molecular weight excluding hydrogens is 504 g/mol. The van der Waals surface area contributed by atoms with Crippen LogP contribution in [0.5, 0.6) is 0 Å². The van der Waals surface area contributed by atoms with E-state index in [1.165, 1.54) is 35.3 Å². The maximum absolute atomic E-state index is 10.6. The molecule has 2 aliphatic rings. The van der Waals surface area contributed by atoms with Gasteiger partial charge in [0.2, 0.25) is 0 Å². The summed E-state index contributed by atoms with van der Waals surface area (Å²) in [4.78, 5) is 0. The van der Waals surface area contributed by atoms with Crippen molar-refractivity contribution in [3.63, 3.8) is 0 Å². The minimum atomic E-state index is -0.575. The lowest BCUT2D eigenvalue weighted by molar-refractivity contribution is -0.934. The summed E-state index contributed by atoms with van der Waals surface area (Å²) in [5.74, 6) is 2.08. The number of quaternary nitrogens is 1. The highest BCUT2D eigenvalue weighted by atomic mass is 79.9. The van der Waals surface area contributed by atoms with Gasteiger partial charge in [0.25, 0.3) is 0 Å². The van der Waals surface area contributed by atoms with Gasteiger partial charge in [-0.2, -0.15) is 5.26 Å². The van der Waals surface area contributed by atoms with Crippen molar-refractivity contribution >= 4 is 0 Å². The fourth-order valence-electron chi connectivity index (χ4n) is 6.70. The molecule has 5 rings (SSSR count). The lowest BCUT2D eigenvalue weighted by Gasteiger charge is -2.38. The third-order valence-corrected chi connectivity index (χ3v) is 8.49. The fourth-order valence-corrected chi connectivity index (χ4v) is 6.70. The van der Waals surface area contributed by atoms with Gasteiger partial charge in [-0.25, -0.2) is 0 Å². The standard InChI is InChI=1S/C33H37N2.BrH/c1-26(2)13-12-20-35(22-27-14-6-3-7-15-27)23-31-30(32(31)24-35)21-33(25-34,28-16-8-4-9-17-28)29-18-10-5-11-19-29;/h3-11,13-19,30-32H,12,20-24H2,1-2H3;1H/q+1;/p-1. The molecule has 0 bridgehead atoms. The van der Waals surface area contributed by atoms with Gasteiger partial charge in [0.05, 0.1) is 25.7 Å². The van der Waals surface area contributed by atoms with Gasteiger partial charge in [-0.15, -0.1) is 0 Å². The van der Waals surface area contributed by atoms with Crippen LogP contribution in [0.25, 0.3) is 0 Å². The van der Waals surface area contributed by atoms with Gasteiger partial charge in [-0.3, -0.25) is 0 Å². The molecule has 1 saturated heterocycles. The molecule has 1 aliphatic heterocycles. The van der Waals surface area contributed by atoms with Crippen molar-refractivity contribution in [3.05, 3.63) is 119 Å². The highest BCUT2D eigenvalue weighted by Gasteiger charge is 2.64. The third-order valence-electron chi connectivity index (χ3n) is 8.49. The zero-order valence-corrected chi connectivity index (χ0v) is 23.1. The number of hydrogen-bond donors (Lipinski definition) is 0. The third kappa shape index (κ3) is 5.36. The van der Waals surface area contributed by atoms with Crippen molar-refractivity contribution in [2.75, 3.05) is 19.6 Å². The van der Waals surface area contributed by atoms with Gasteiger partial charge < -0.3 is 21.5 Å². The molecule has 1 aliphatic carbocycles. The van der Waals surface area contributed by atoms with Gasteiger partial charge in [-0.1, -0.05) is 103 Å². The second-order valence-electron chi connectivity index (χ2n) is 11.1. The number of hydrogen-bond acceptors (Lipinski definition) is 1. The summed E-state index contributed by atoms with van der Waals surface area (Å²) in [5, 5.41) is 10.6. The first-order valence-electron chi connectivity index (χ1n) is 13.1. The molecule has 0 N–H and O–H groups in total. The predicted molar refractivity (Wildman–Crippen MR) is 143 cm³/mol. The van der Waals surface area contributed by atoms with E-state index in [-0.39, 0.29) is 17.0 Å². The minimum Gasteiger partial charge on any atom is -1.00 e. The van der Waals surface area contributed by atoms with E-state index in [4.69, 9.17) is 0 Å². The first-order chi connectivity index (χ1) is 17.1. The predicted octanol–water partition coefficient (Wildman–Crippen LogP) is 4.14. The lowest BCUT2D eigenvalue weighted by atomic mass is 9.71. The number of piperidine rings is 1. The Hall–Kier alpha value is -2.67. The highest BCUT2D eigenvalue weighted by Crippen LogP contribution is 2.60. The van der Waals surface area contributed by atoms with Gasteiger partial charge in [0.15, 0.2) is 0 Å². The molecule has 36 heavy (non-hydrogen) atoms. The van der Waals surface area contributed by atoms with E-state index in [2.05, 4.69) is 105 Å². The Morgan fingerprint density at radius 3 is 1.83 bits per heavy atom. The van der Waals surface area contributed by atoms with E-state index in [1.807, 2.05) is 12.1 Å². The van der Waals surface area contributed by atoms with Gasteiger partial charge in [0, 0.05) is 23.8 Å². The Morgan fingerprint density at radius 2 is 1.36 bits per heavy atom. The Morgan fingerprint density at radius 1 is 0.861 bits per heavy atom. The first-order valence-corrected chi connectivity index (χ1v) is 13.1. The first kappa shape index (κ1) is 26.4. The number of nitriles is 1. The smallest absolute Gasteiger partial charge is 0.107 e. The van der Waals surface area contributed by atoms with Crippen LogP contribution < -0.4 is 17.0 Å². The summed E-state index contributed by atoms with van der Waals surface area (Å²) < 4.78 is 1.19. The monoisotopic (exact) mass is 540 g/mol. The zero-order chi connectivity index (χ0) is 24.3. The molecule has 1 saturated carbocycles. The second-order valence-corrected chi connectivity index (χ2v) is 11.1. The van der Waals surface area contributed by atoms with E-state index in [1.54, 1.807) is 0 Å². The van der Waals surface area contributed by atoms with Crippen LogP contribution in [0, 0.1) is 29.1 Å². The molecule has 3 aromatic rings. The largest absolute Gasteiger partial charge is 1.00 e. The molecule has 2 fully saturated rings. The van der Waals surface area contributed by atoms with Crippen LogP contribution in [0.3, 0.4) is 0 Å². The number of benzene rings is 3. The Kier molecular flexibility index (Phi) is 8.18. The van der Waals surface area contributed by atoms with Crippen LogP contribution in [0.1, 0.15) is 43.4 Å². The van der Waals surface area contributed by atoms with Gasteiger partial charge >= 0.3 is 0 Å². The average Bonchev–Trinajstić information content (AvgIpc) is 3.34. The molecule has 2 atom stereocenters. The quantitative estimate of drug-likeness (QED) is 0.295. The molecule has 2 nitrogen and oxygen atoms in total. The van der Waals surface area contributed by atoms with Gasteiger partial charge in [0.1, 0.15) is 12.0 Å². The second kappa shape index (κ2) is 11.2. The van der Waals surface area contributed by atoms with Crippen LogP contribution in [0.4, 0.5) is 0 Å². The van der Waals surface area contributed by atoms with Crippen molar-refractivity contribution in [3.8, 4) is 6.07 Å². The number of likely N-dealkylation sites (tertiary alicyclic amines) is 1. The van der Waals surface area contributed by atoms with Crippen molar-refractivity contribution in [2.45, 2.75) is 38.6 Å². The molecular formula is C33H37BrN2. The maximum atomic E-state index is 10.6. The number of rotatable bonds is 9. The zero-order valence-electron chi connectivity index (χ0n) is 21.5. The number of nitrogens with zero attached hydrogens (tertiary/aromatic N) is 2. The van der Waals surface area contributed by atoms with E-state index in [0.29, 0.717) is 5.92 Å². The van der Waals surface area contributed by atoms with Crippen LogP contribution in [-0.2, 0) is 12.0 Å².